The summed E-state index contributed by atoms with van der Waals surface area (Å²) in [5.41, 5.74) is 1.25. The summed E-state index contributed by atoms with van der Waals surface area (Å²) >= 11 is 6.06. The van der Waals surface area contributed by atoms with Crippen molar-refractivity contribution >= 4 is 34.8 Å². The maximum atomic E-state index is 12.9. The molecule has 0 aliphatic heterocycles. The van der Waals surface area contributed by atoms with Gasteiger partial charge in [-0.25, -0.2) is 4.39 Å². The number of carbonyl (C=O) groups excluding carboxylic acids is 2. The van der Waals surface area contributed by atoms with Gasteiger partial charge in [0.25, 0.3) is 5.91 Å². The predicted molar refractivity (Wildman–Crippen MR) is 87.2 cm³/mol. The largest absolute Gasteiger partial charge is 0.325 e. The summed E-state index contributed by atoms with van der Waals surface area (Å²) in [5.74, 6) is -0.777. The number of nitrogens with one attached hydrogen (secondary N) is 2. The van der Waals surface area contributed by atoms with Crippen molar-refractivity contribution in [2.75, 3.05) is 10.6 Å². The molecular weight excluding hydrogens is 319 g/mol. The van der Waals surface area contributed by atoms with Crippen molar-refractivity contribution in [1.29, 1.82) is 0 Å². The van der Waals surface area contributed by atoms with Crippen molar-refractivity contribution in [2.45, 2.75) is 12.8 Å². The molecule has 1 aliphatic carbocycles. The van der Waals surface area contributed by atoms with E-state index in [1.807, 2.05) is 0 Å². The van der Waals surface area contributed by atoms with E-state index in [1.165, 1.54) is 30.3 Å². The molecular formula is C17H14ClFN2O2. The first kappa shape index (κ1) is 15.5. The number of hydrogen-bond donors (Lipinski definition) is 2. The molecule has 6 heteroatoms. The van der Waals surface area contributed by atoms with Gasteiger partial charge in [-0.1, -0.05) is 11.6 Å². The molecule has 0 aromatic heterocycles. The molecule has 0 spiro atoms. The molecule has 2 aromatic carbocycles. The Labute approximate surface area is 137 Å². The molecule has 0 radical (unpaired) electrons. The van der Waals surface area contributed by atoms with Crippen LogP contribution in [0.2, 0.25) is 5.02 Å². The van der Waals surface area contributed by atoms with Crippen molar-refractivity contribution in [3.8, 4) is 0 Å². The van der Waals surface area contributed by atoms with E-state index in [-0.39, 0.29) is 23.5 Å². The Hall–Kier alpha value is -2.40. The summed E-state index contributed by atoms with van der Waals surface area (Å²) in [6, 6.07) is 10.1. The first-order valence-corrected chi connectivity index (χ1v) is 7.58. The zero-order valence-corrected chi connectivity index (χ0v) is 12.9. The van der Waals surface area contributed by atoms with Crippen molar-refractivity contribution < 1.29 is 14.0 Å². The fourth-order valence-corrected chi connectivity index (χ4v) is 2.24. The highest BCUT2D eigenvalue weighted by atomic mass is 35.5. The number of anilines is 2. The molecule has 1 saturated carbocycles. The van der Waals surface area contributed by atoms with Crippen LogP contribution >= 0.6 is 11.6 Å². The van der Waals surface area contributed by atoms with Gasteiger partial charge in [-0.05, 0) is 55.3 Å². The van der Waals surface area contributed by atoms with Gasteiger partial charge in [-0.2, -0.15) is 0 Å². The van der Waals surface area contributed by atoms with E-state index in [0.29, 0.717) is 22.0 Å². The fourth-order valence-electron chi connectivity index (χ4n) is 2.08. The SMILES string of the molecule is O=C(Nc1ccc(F)cc1)c1ccc(Cl)c(NC(=O)C2CC2)c1. The van der Waals surface area contributed by atoms with Crippen molar-refractivity contribution in [3.63, 3.8) is 0 Å². The van der Waals surface area contributed by atoms with Gasteiger partial charge in [0.15, 0.2) is 0 Å². The highest BCUT2D eigenvalue weighted by Gasteiger charge is 2.30. The molecule has 0 bridgehead atoms. The molecule has 0 heterocycles. The van der Waals surface area contributed by atoms with Gasteiger partial charge in [0.05, 0.1) is 10.7 Å². The zero-order valence-electron chi connectivity index (χ0n) is 12.1. The minimum absolute atomic E-state index is 0.0442. The number of halogens is 2. The topological polar surface area (TPSA) is 58.2 Å². The predicted octanol–water partition coefficient (Wildman–Crippen LogP) is 4.08. The maximum Gasteiger partial charge on any atom is 0.255 e. The van der Waals surface area contributed by atoms with Gasteiger partial charge < -0.3 is 10.6 Å². The van der Waals surface area contributed by atoms with E-state index in [1.54, 1.807) is 12.1 Å². The van der Waals surface area contributed by atoms with E-state index >= 15 is 0 Å². The molecule has 4 nitrogen and oxygen atoms in total. The molecule has 0 saturated heterocycles. The molecule has 23 heavy (non-hydrogen) atoms. The standard InChI is InChI=1S/C17H14ClFN2O2/c18-14-8-3-11(9-15(14)21-16(22)10-1-2-10)17(23)20-13-6-4-12(19)5-7-13/h3-10H,1-2H2,(H,20,23)(H,21,22). The van der Waals surface area contributed by atoms with Crippen LogP contribution < -0.4 is 10.6 Å². The van der Waals surface area contributed by atoms with Crippen LogP contribution in [0, 0.1) is 11.7 Å². The molecule has 1 aliphatic rings. The second kappa shape index (κ2) is 6.38. The van der Waals surface area contributed by atoms with Gasteiger partial charge in [-0.3, -0.25) is 9.59 Å². The van der Waals surface area contributed by atoms with Gasteiger partial charge in [-0.15, -0.1) is 0 Å². The summed E-state index contributed by atoms with van der Waals surface area (Å²) in [6.07, 6.45) is 1.77. The highest BCUT2D eigenvalue weighted by Crippen LogP contribution is 2.32. The Morgan fingerprint density at radius 3 is 2.39 bits per heavy atom. The van der Waals surface area contributed by atoms with E-state index in [4.69, 9.17) is 11.6 Å². The first-order valence-electron chi connectivity index (χ1n) is 7.20. The molecule has 2 N–H and O–H groups in total. The van der Waals surface area contributed by atoms with Crippen LogP contribution in [-0.2, 0) is 4.79 Å². The lowest BCUT2D eigenvalue weighted by atomic mass is 10.1. The number of benzene rings is 2. The van der Waals surface area contributed by atoms with E-state index < -0.39 is 0 Å². The number of amides is 2. The zero-order chi connectivity index (χ0) is 16.4. The second-order valence-electron chi connectivity index (χ2n) is 5.42. The third-order valence-corrected chi connectivity index (χ3v) is 3.87. The van der Waals surface area contributed by atoms with Gasteiger partial charge >= 0.3 is 0 Å². The molecule has 2 amide bonds. The second-order valence-corrected chi connectivity index (χ2v) is 5.83. The Bertz CT molecular complexity index is 758. The van der Waals surface area contributed by atoms with Crippen LogP contribution in [0.3, 0.4) is 0 Å². The molecule has 3 rings (SSSR count). The fraction of sp³-hybridized carbons (Fsp3) is 0.176. The lowest BCUT2D eigenvalue weighted by Crippen LogP contribution is -2.16. The monoisotopic (exact) mass is 332 g/mol. The number of hydrogen-bond acceptors (Lipinski definition) is 2. The number of rotatable bonds is 4. The quantitative estimate of drug-likeness (QED) is 0.886. The Morgan fingerprint density at radius 2 is 1.74 bits per heavy atom. The third kappa shape index (κ3) is 3.87. The van der Waals surface area contributed by atoms with Crippen molar-refractivity contribution in [1.82, 2.24) is 0 Å². The van der Waals surface area contributed by atoms with E-state index in [0.717, 1.165) is 12.8 Å². The lowest BCUT2D eigenvalue weighted by Gasteiger charge is -2.10. The van der Waals surface area contributed by atoms with Gasteiger partial charge in [0.1, 0.15) is 5.82 Å². The maximum absolute atomic E-state index is 12.9. The molecule has 2 aromatic rings. The molecule has 0 unspecified atom stereocenters. The summed E-state index contributed by atoms with van der Waals surface area (Å²) in [4.78, 5) is 24.1. The van der Waals surface area contributed by atoms with Crippen LogP contribution in [0.15, 0.2) is 42.5 Å². The van der Waals surface area contributed by atoms with Crippen LogP contribution in [0.25, 0.3) is 0 Å². The summed E-state index contributed by atoms with van der Waals surface area (Å²) < 4.78 is 12.9. The normalized spacial score (nSPS) is 13.5. The third-order valence-electron chi connectivity index (χ3n) is 3.54. The number of carbonyl (C=O) groups is 2. The van der Waals surface area contributed by atoms with Gasteiger partial charge in [0.2, 0.25) is 5.91 Å². The smallest absolute Gasteiger partial charge is 0.255 e. The van der Waals surface area contributed by atoms with Crippen LogP contribution in [0.4, 0.5) is 15.8 Å². The molecule has 1 fully saturated rings. The van der Waals surface area contributed by atoms with Crippen LogP contribution in [0.5, 0.6) is 0 Å². The minimum atomic E-state index is -0.375. The van der Waals surface area contributed by atoms with E-state index in [2.05, 4.69) is 10.6 Å². The van der Waals surface area contributed by atoms with Crippen molar-refractivity contribution in [2.24, 2.45) is 5.92 Å². The summed E-state index contributed by atoms with van der Waals surface area (Å²) in [7, 11) is 0. The Kier molecular flexibility index (Phi) is 4.30. The summed E-state index contributed by atoms with van der Waals surface area (Å²) in [5, 5.41) is 5.77. The molecule has 118 valence electrons. The average Bonchev–Trinajstić information content (AvgIpc) is 3.36. The van der Waals surface area contributed by atoms with Crippen molar-refractivity contribution in [3.05, 3.63) is 58.9 Å². The minimum Gasteiger partial charge on any atom is -0.325 e. The van der Waals surface area contributed by atoms with E-state index in [9.17, 15) is 14.0 Å². The Balaban J connectivity index is 1.74. The van der Waals surface area contributed by atoms with Crippen LogP contribution in [0.1, 0.15) is 23.2 Å². The van der Waals surface area contributed by atoms with Gasteiger partial charge in [0, 0.05) is 17.2 Å². The average molecular weight is 333 g/mol. The first-order chi connectivity index (χ1) is 11.0. The lowest BCUT2D eigenvalue weighted by molar-refractivity contribution is -0.117. The summed E-state index contributed by atoms with van der Waals surface area (Å²) in [6.45, 7) is 0. The molecule has 0 atom stereocenters. The highest BCUT2D eigenvalue weighted by molar-refractivity contribution is 6.34. The van der Waals surface area contributed by atoms with Crippen LogP contribution in [-0.4, -0.2) is 11.8 Å². The Morgan fingerprint density at radius 1 is 1.04 bits per heavy atom.